The molecule has 0 amide bonds. The molecule has 1 aromatic rings. The van der Waals surface area contributed by atoms with Crippen molar-refractivity contribution in [3.8, 4) is 0 Å². The quantitative estimate of drug-likeness (QED) is 0.254. The third-order valence-corrected chi connectivity index (χ3v) is 6.06. The number of alkyl halides is 12. The predicted octanol–water partition coefficient (Wildman–Crippen LogP) is 8.51. The van der Waals surface area contributed by atoms with Crippen LogP contribution in [0.25, 0.3) is 0 Å². The molecule has 0 fully saturated rings. The van der Waals surface area contributed by atoms with E-state index in [1.807, 2.05) is 0 Å². The van der Waals surface area contributed by atoms with Crippen molar-refractivity contribution in [2.75, 3.05) is 13.9 Å². The molecule has 1 rings (SSSR count). The maximum absolute atomic E-state index is 14.2. The summed E-state index contributed by atoms with van der Waals surface area (Å²) in [5.41, 5.74) is -18.2. The highest BCUT2D eigenvalue weighted by Gasteiger charge is 2.75. The first-order valence-electron chi connectivity index (χ1n) is 11.3. The summed E-state index contributed by atoms with van der Waals surface area (Å²) in [4.78, 5) is 0. The molecule has 1 aromatic carbocycles. The van der Waals surface area contributed by atoms with E-state index in [1.165, 1.54) is 20.8 Å². The molecule has 0 spiro atoms. The van der Waals surface area contributed by atoms with E-state index in [1.54, 1.807) is 20.8 Å². The van der Waals surface area contributed by atoms with Crippen molar-refractivity contribution in [1.82, 2.24) is 0 Å². The first kappa shape index (κ1) is 35.3. The number of hydrogen-bond acceptors (Lipinski definition) is 3. The van der Waals surface area contributed by atoms with Crippen molar-refractivity contribution in [1.29, 1.82) is 0 Å². The average molecular weight is 594 g/mol. The van der Waals surface area contributed by atoms with Gasteiger partial charge in [0.15, 0.2) is 0 Å². The second-order valence-electron chi connectivity index (χ2n) is 11.5. The van der Waals surface area contributed by atoms with Crippen LogP contribution in [0.2, 0.25) is 0 Å². The Morgan fingerprint density at radius 2 is 1.08 bits per heavy atom. The Bertz CT molecular complexity index is 949. The van der Waals surface area contributed by atoms with Gasteiger partial charge in [0.2, 0.25) is 0 Å². The van der Waals surface area contributed by atoms with Crippen LogP contribution in [0, 0.1) is 10.8 Å². The van der Waals surface area contributed by atoms with Gasteiger partial charge >= 0.3 is 24.7 Å². The summed E-state index contributed by atoms with van der Waals surface area (Å²) in [5, 5.41) is 9.99. The molecule has 0 saturated carbocycles. The van der Waals surface area contributed by atoms with Gasteiger partial charge in [0.05, 0.1) is 0 Å². The number of ether oxygens (including phenoxy) is 2. The van der Waals surface area contributed by atoms with Crippen LogP contribution < -0.4 is 0 Å². The maximum Gasteiger partial charge on any atom is 0.430 e. The van der Waals surface area contributed by atoms with Crippen molar-refractivity contribution in [3.05, 3.63) is 34.9 Å². The van der Waals surface area contributed by atoms with Crippen LogP contribution in [0.15, 0.2) is 18.2 Å². The lowest BCUT2D eigenvalue weighted by atomic mass is 9.68. The van der Waals surface area contributed by atoms with E-state index in [2.05, 4.69) is 9.47 Å². The number of aliphatic hydroxyl groups is 1. The van der Waals surface area contributed by atoms with E-state index in [-0.39, 0.29) is 18.6 Å². The Morgan fingerprint density at radius 1 is 0.667 bits per heavy atom. The number of rotatable bonds is 7. The average Bonchev–Trinajstić information content (AvgIpc) is 2.66. The van der Waals surface area contributed by atoms with Crippen LogP contribution in [0.1, 0.15) is 70.6 Å². The molecule has 0 aromatic heterocycles. The van der Waals surface area contributed by atoms with Crippen LogP contribution in [0.4, 0.5) is 52.7 Å². The van der Waals surface area contributed by atoms with Crippen molar-refractivity contribution in [2.45, 2.75) is 89.8 Å². The van der Waals surface area contributed by atoms with Gasteiger partial charge in [-0.3, -0.25) is 0 Å². The third-order valence-electron chi connectivity index (χ3n) is 6.06. The highest BCUT2D eigenvalue weighted by atomic mass is 19.4. The summed E-state index contributed by atoms with van der Waals surface area (Å²) < 4.78 is 176. The van der Waals surface area contributed by atoms with Crippen molar-refractivity contribution >= 4 is 0 Å². The number of halogens is 12. The molecule has 1 N–H and O–H groups in total. The molecule has 0 radical (unpaired) electrons. The highest BCUT2D eigenvalue weighted by Crippen LogP contribution is 2.57. The lowest BCUT2D eigenvalue weighted by Gasteiger charge is -2.41. The molecular formula is C24H30F12O3. The fourth-order valence-corrected chi connectivity index (χ4v) is 4.17. The van der Waals surface area contributed by atoms with Crippen molar-refractivity contribution in [2.24, 2.45) is 10.8 Å². The summed E-state index contributed by atoms with van der Waals surface area (Å²) in [5.74, 6) is -1.18. The van der Waals surface area contributed by atoms with Gasteiger partial charge in [0.1, 0.15) is 6.79 Å². The predicted molar refractivity (Wildman–Crippen MR) is 115 cm³/mol. The van der Waals surface area contributed by atoms with E-state index in [0.29, 0.717) is 7.11 Å². The maximum atomic E-state index is 14.2. The fourth-order valence-electron chi connectivity index (χ4n) is 4.17. The topological polar surface area (TPSA) is 38.7 Å². The lowest BCUT2D eigenvalue weighted by Crippen LogP contribution is -2.57. The lowest BCUT2D eigenvalue weighted by molar-refractivity contribution is -0.400. The second-order valence-corrected chi connectivity index (χ2v) is 11.5. The van der Waals surface area contributed by atoms with Gasteiger partial charge in [-0.2, -0.15) is 52.7 Å². The highest BCUT2D eigenvalue weighted by molar-refractivity contribution is 5.42. The molecular weight excluding hydrogens is 564 g/mol. The number of methoxy groups -OCH3 is 1. The van der Waals surface area contributed by atoms with Gasteiger partial charge < -0.3 is 14.6 Å². The molecule has 0 bridgehead atoms. The molecule has 39 heavy (non-hydrogen) atoms. The molecule has 0 saturated heterocycles. The number of hydrogen-bond donors (Lipinski definition) is 1. The summed E-state index contributed by atoms with van der Waals surface area (Å²) >= 11 is 0. The number of benzene rings is 1. The fraction of sp³-hybridized carbons (Fsp3) is 0.750. The summed E-state index contributed by atoms with van der Waals surface area (Å²) in [6.07, 6.45) is -26.2. The zero-order valence-electron chi connectivity index (χ0n) is 22.0. The van der Waals surface area contributed by atoms with E-state index in [4.69, 9.17) is 0 Å². The molecule has 0 aliphatic carbocycles. The van der Waals surface area contributed by atoms with Gasteiger partial charge in [-0.15, -0.1) is 0 Å². The smallest absolute Gasteiger partial charge is 0.369 e. The second kappa shape index (κ2) is 10.6. The van der Waals surface area contributed by atoms with Gasteiger partial charge in [-0.1, -0.05) is 53.7 Å². The van der Waals surface area contributed by atoms with Crippen LogP contribution >= 0.6 is 0 Å². The zero-order chi connectivity index (χ0) is 31.3. The summed E-state index contributed by atoms with van der Waals surface area (Å²) in [6, 6.07) is -0.271. The van der Waals surface area contributed by atoms with Crippen molar-refractivity contribution < 1.29 is 67.3 Å². The van der Waals surface area contributed by atoms with E-state index in [0.717, 1.165) is 0 Å². The summed E-state index contributed by atoms with van der Waals surface area (Å²) in [6.45, 7) is 7.50. The van der Waals surface area contributed by atoms with E-state index in [9.17, 15) is 57.8 Å². The summed E-state index contributed by atoms with van der Waals surface area (Å²) in [7, 11) is 0.657. The Balaban J connectivity index is 4.49. The molecule has 0 aliphatic heterocycles. The molecule has 0 aliphatic rings. The normalized spacial score (nSPS) is 16.0. The minimum atomic E-state index is -6.59. The van der Waals surface area contributed by atoms with Gasteiger partial charge in [0, 0.05) is 18.2 Å². The SMILES string of the molecule is COCOC(c1cc(C(CC(C)(C)C)C(C)(C)C)cc(C(O)(C(F)(F)F)C(F)(F)F)c1)(C(F)(F)F)C(F)(F)F. The van der Waals surface area contributed by atoms with Crippen LogP contribution in [-0.4, -0.2) is 43.7 Å². The Morgan fingerprint density at radius 3 is 1.38 bits per heavy atom. The molecule has 0 heterocycles. The zero-order valence-corrected chi connectivity index (χ0v) is 22.0. The monoisotopic (exact) mass is 594 g/mol. The van der Waals surface area contributed by atoms with Crippen LogP contribution in [0.5, 0.6) is 0 Å². The molecule has 3 nitrogen and oxygen atoms in total. The van der Waals surface area contributed by atoms with Crippen LogP contribution in [0.3, 0.4) is 0 Å². The van der Waals surface area contributed by atoms with E-state index >= 15 is 0 Å². The first-order valence-corrected chi connectivity index (χ1v) is 11.3. The standard InChI is InChI=1S/C24H30F12O3/c1-17(2,3)11-16(18(4,5)6)13-8-14(19(37,21(25,26)27)22(28,29)30)10-15(9-13)20(23(31,32)33,24(34,35)36)39-12-38-7/h8-10,16,37H,11-12H2,1-7H3. The largest absolute Gasteiger partial charge is 0.430 e. The van der Waals surface area contributed by atoms with Gasteiger partial charge in [-0.05, 0) is 34.8 Å². The molecule has 15 heteroatoms. The Labute approximate surface area is 217 Å². The minimum absolute atomic E-state index is 0.0835. The van der Waals surface area contributed by atoms with E-state index < -0.39 is 82.2 Å². The Kier molecular flexibility index (Phi) is 9.58. The molecule has 1 unspecified atom stereocenters. The first-order chi connectivity index (χ1) is 17.0. The van der Waals surface area contributed by atoms with Crippen LogP contribution in [-0.2, 0) is 20.7 Å². The molecule has 1 atom stereocenters. The Hall–Kier alpha value is -1.74. The third kappa shape index (κ3) is 6.95. The van der Waals surface area contributed by atoms with Crippen molar-refractivity contribution in [3.63, 3.8) is 0 Å². The molecule has 228 valence electrons. The van der Waals surface area contributed by atoms with Gasteiger partial charge in [0.25, 0.3) is 11.2 Å². The minimum Gasteiger partial charge on any atom is -0.369 e. The van der Waals surface area contributed by atoms with Gasteiger partial charge in [-0.25, -0.2) is 0 Å².